The maximum atomic E-state index is 13.0. The number of aromatic nitrogens is 2. The molecule has 0 saturated carbocycles. The molecule has 0 aliphatic carbocycles. The van der Waals surface area contributed by atoms with Gasteiger partial charge in [-0.25, -0.2) is 4.39 Å². The summed E-state index contributed by atoms with van der Waals surface area (Å²) in [6, 6.07) is 6.22. The van der Waals surface area contributed by atoms with Crippen LogP contribution in [0.5, 0.6) is 0 Å². The van der Waals surface area contributed by atoms with Crippen molar-refractivity contribution in [3.63, 3.8) is 0 Å². The molecule has 1 atom stereocenters. The highest BCUT2D eigenvalue weighted by atomic mass is 32.2. The van der Waals surface area contributed by atoms with E-state index < -0.39 is 0 Å². The first kappa shape index (κ1) is 14.0. The second-order valence-electron chi connectivity index (χ2n) is 4.19. The smallest absolute Gasteiger partial charge is 0.243 e. The topological polar surface area (TPSA) is 64.9 Å². The van der Waals surface area contributed by atoms with Crippen molar-refractivity contribution in [3.8, 4) is 0 Å². The normalized spacial score (nSPS) is 12.6. The molecular formula is C13H16FN3OS. The quantitative estimate of drug-likeness (QED) is 0.823. The van der Waals surface area contributed by atoms with Gasteiger partial charge in [-0.2, -0.15) is 4.98 Å². The molecule has 0 bridgehead atoms. The molecule has 1 aromatic carbocycles. The largest absolute Gasteiger partial charge is 0.338 e. The third-order valence-electron chi connectivity index (χ3n) is 2.56. The fourth-order valence-corrected chi connectivity index (χ4v) is 2.40. The molecule has 2 aromatic rings. The predicted molar refractivity (Wildman–Crippen MR) is 72.1 cm³/mol. The molecule has 2 N–H and O–H groups in total. The lowest BCUT2D eigenvalue weighted by molar-refractivity contribution is 0.345. The van der Waals surface area contributed by atoms with Crippen LogP contribution < -0.4 is 5.73 Å². The lowest BCUT2D eigenvalue weighted by Gasteiger charge is -2.02. The second-order valence-corrected chi connectivity index (χ2v) is 5.24. The minimum Gasteiger partial charge on any atom is -0.338 e. The van der Waals surface area contributed by atoms with E-state index in [4.69, 9.17) is 10.3 Å². The van der Waals surface area contributed by atoms with E-state index in [1.807, 2.05) is 6.07 Å². The molecule has 4 nitrogen and oxygen atoms in total. The SMILES string of the molecule is CCC[C@H](N)c1nc(CSc2cccc(F)c2)no1. The van der Waals surface area contributed by atoms with Gasteiger partial charge in [-0.3, -0.25) is 0 Å². The van der Waals surface area contributed by atoms with Crippen molar-refractivity contribution < 1.29 is 8.91 Å². The van der Waals surface area contributed by atoms with Crippen LogP contribution >= 0.6 is 11.8 Å². The first-order chi connectivity index (χ1) is 9.19. The Labute approximate surface area is 115 Å². The van der Waals surface area contributed by atoms with Gasteiger partial charge < -0.3 is 10.3 Å². The lowest BCUT2D eigenvalue weighted by Crippen LogP contribution is -2.10. The Balaban J connectivity index is 1.93. The molecule has 0 unspecified atom stereocenters. The van der Waals surface area contributed by atoms with Crippen LogP contribution in [0, 0.1) is 5.82 Å². The zero-order valence-electron chi connectivity index (χ0n) is 10.7. The number of thioether (sulfide) groups is 1. The predicted octanol–water partition coefficient (Wildman–Crippen LogP) is 3.30. The van der Waals surface area contributed by atoms with Crippen molar-refractivity contribution in [2.45, 2.75) is 36.5 Å². The van der Waals surface area contributed by atoms with Crippen molar-refractivity contribution in [1.29, 1.82) is 0 Å². The summed E-state index contributed by atoms with van der Waals surface area (Å²) >= 11 is 1.46. The van der Waals surface area contributed by atoms with Gasteiger partial charge in [-0.1, -0.05) is 24.6 Å². The summed E-state index contributed by atoms with van der Waals surface area (Å²) in [7, 11) is 0. The van der Waals surface area contributed by atoms with Crippen molar-refractivity contribution >= 4 is 11.8 Å². The van der Waals surface area contributed by atoms with Crippen LogP contribution in [0.3, 0.4) is 0 Å². The van der Waals surface area contributed by atoms with Crippen molar-refractivity contribution in [2.75, 3.05) is 0 Å². The van der Waals surface area contributed by atoms with Gasteiger partial charge >= 0.3 is 0 Å². The highest BCUT2D eigenvalue weighted by Crippen LogP contribution is 2.23. The molecule has 1 aromatic heterocycles. The summed E-state index contributed by atoms with van der Waals surface area (Å²) in [4.78, 5) is 5.09. The maximum Gasteiger partial charge on any atom is 0.243 e. The monoisotopic (exact) mass is 281 g/mol. The highest BCUT2D eigenvalue weighted by Gasteiger charge is 2.13. The van der Waals surface area contributed by atoms with Crippen molar-refractivity contribution in [1.82, 2.24) is 10.1 Å². The standard InChI is InChI=1S/C13H16FN3OS/c1-2-4-11(15)13-16-12(17-18-13)8-19-10-6-3-5-9(14)7-10/h3,5-7,11H,2,4,8,15H2,1H3/t11-/m0/s1. The zero-order valence-corrected chi connectivity index (χ0v) is 11.5. The van der Waals surface area contributed by atoms with Gasteiger partial charge in [0.05, 0.1) is 11.8 Å². The van der Waals surface area contributed by atoms with Gasteiger partial charge in [0.15, 0.2) is 5.82 Å². The molecular weight excluding hydrogens is 265 g/mol. The number of rotatable bonds is 6. The molecule has 0 amide bonds. The molecule has 2 rings (SSSR count). The minimum atomic E-state index is -0.247. The summed E-state index contributed by atoms with van der Waals surface area (Å²) < 4.78 is 18.1. The summed E-state index contributed by atoms with van der Waals surface area (Å²) in [5.41, 5.74) is 5.89. The van der Waals surface area contributed by atoms with E-state index in [9.17, 15) is 4.39 Å². The summed E-state index contributed by atoms with van der Waals surface area (Å²) in [6.07, 6.45) is 1.79. The Hall–Kier alpha value is -1.40. The van der Waals surface area contributed by atoms with E-state index in [2.05, 4.69) is 17.1 Å². The number of hydrogen-bond donors (Lipinski definition) is 1. The lowest BCUT2D eigenvalue weighted by atomic mass is 10.2. The molecule has 19 heavy (non-hydrogen) atoms. The molecule has 0 aliphatic rings. The summed E-state index contributed by atoms with van der Waals surface area (Å²) in [5.74, 6) is 1.34. The van der Waals surface area contributed by atoms with E-state index in [0.29, 0.717) is 17.5 Å². The third-order valence-corrected chi connectivity index (χ3v) is 3.55. The molecule has 102 valence electrons. The van der Waals surface area contributed by atoms with Crippen LogP contribution in [0.25, 0.3) is 0 Å². The minimum absolute atomic E-state index is 0.203. The number of nitrogens with two attached hydrogens (primary N) is 1. The van der Waals surface area contributed by atoms with Crippen LogP contribution in [-0.4, -0.2) is 10.1 Å². The molecule has 6 heteroatoms. The number of nitrogens with zero attached hydrogens (tertiary/aromatic N) is 2. The Kier molecular flexibility index (Phi) is 4.93. The number of halogens is 1. The van der Waals surface area contributed by atoms with Crippen LogP contribution in [0.4, 0.5) is 4.39 Å². The molecule has 1 heterocycles. The van der Waals surface area contributed by atoms with Gasteiger partial charge in [0, 0.05) is 4.90 Å². The van der Waals surface area contributed by atoms with Crippen LogP contribution in [0.15, 0.2) is 33.7 Å². The summed E-state index contributed by atoms with van der Waals surface area (Å²) in [6.45, 7) is 2.05. The van der Waals surface area contributed by atoms with Crippen LogP contribution in [-0.2, 0) is 5.75 Å². The molecule has 0 radical (unpaired) electrons. The highest BCUT2D eigenvalue weighted by molar-refractivity contribution is 7.98. The van der Waals surface area contributed by atoms with Crippen LogP contribution in [0.1, 0.15) is 37.5 Å². The Morgan fingerprint density at radius 2 is 2.32 bits per heavy atom. The summed E-state index contributed by atoms with van der Waals surface area (Å²) in [5, 5.41) is 3.88. The fourth-order valence-electron chi connectivity index (χ4n) is 1.62. The van der Waals surface area contributed by atoms with Gasteiger partial charge in [0.1, 0.15) is 5.82 Å². The maximum absolute atomic E-state index is 13.0. The average Bonchev–Trinajstić information content (AvgIpc) is 2.86. The van der Waals surface area contributed by atoms with Gasteiger partial charge in [0.2, 0.25) is 5.89 Å². The molecule has 0 aliphatic heterocycles. The van der Waals surface area contributed by atoms with E-state index >= 15 is 0 Å². The van der Waals surface area contributed by atoms with Gasteiger partial charge in [-0.05, 0) is 24.6 Å². The molecule has 0 spiro atoms. The Morgan fingerprint density at radius 1 is 1.47 bits per heavy atom. The number of benzene rings is 1. The Morgan fingerprint density at radius 3 is 3.05 bits per heavy atom. The van der Waals surface area contributed by atoms with Crippen molar-refractivity contribution in [3.05, 3.63) is 41.8 Å². The van der Waals surface area contributed by atoms with Crippen molar-refractivity contribution in [2.24, 2.45) is 5.73 Å². The molecule has 0 saturated heterocycles. The van der Waals surface area contributed by atoms with E-state index in [-0.39, 0.29) is 11.9 Å². The van der Waals surface area contributed by atoms with Gasteiger partial charge in [0.25, 0.3) is 0 Å². The fraction of sp³-hybridized carbons (Fsp3) is 0.385. The number of hydrogen-bond acceptors (Lipinski definition) is 5. The average molecular weight is 281 g/mol. The van der Waals surface area contributed by atoms with E-state index in [1.54, 1.807) is 6.07 Å². The first-order valence-corrected chi connectivity index (χ1v) is 7.14. The van der Waals surface area contributed by atoms with E-state index in [0.717, 1.165) is 17.7 Å². The van der Waals surface area contributed by atoms with Gasteiger partial charge in [-0.15, -0.1) is 11.8 Å². The second kappa shape index (κ2) is 6.68. The van der Waals surface area contributed by atoms with Crippen LogP contribution in [0.2, 0.25) is 0 Å². The first-order valence-electron chi connectivity index (χ1n) is 6.15. The third kappa shape index (κ3) is 4.04. The van der Waals surface area contributed by atoms with E-state index in [1.165, 1.54) is 23.9 Å². The Bertz CT molecular complexity index is 532. The molecule has 0 fully saturated rings. The zero-order chi connectivity index (χ0) is 13.7.